The highest BCUT2D eigenvalue weighted by Gasteiger charge is 2.65. The fraction of sp³-hybridized carbons (Fsp3) is 0.875. The average molecular weight is 294 g/mol. The van der Waals surface area contributed by atoms with Crippen LogP contribution in [-0.2, 0) is 4.79 Å². The summed E-state index contributed by atoms with van der Waals surface area (Å²) in [7, 11) is 0. The van der Waals surface area contributed by atoms with Crippen molar-refractivity contribution in [1.82, 2.24) is 10.6 Å². The molecule has 0 heterocycles. The molecule has 0 aromatic heterocycles. The molecule has 0 aliphatic heterocycles. The molecule has 21 heavy (non-hydrogen) atoms. The van der Waals surface area contributed by atoms with Gasteiger partial charge in [0.15, 0.2) is 0 Å². The molecule has 3 saturated carbocycles. The molecule has 0 aromatic carbocycles. The maximum atomic E-state index is 12.2. The number of rotatable bonds is 4. The summed E-state index contributed by atoms with van der Waals surface area (Å²) >= 11 is 0. The number of hydrogen-bond acceptors (Lipinski definition) is 2. The van der Waals surface area contributed by atoms with Gasteiger partial charge in [0.1, 0.15) is 0 Å². The monoisotopic (exact) mass is 294 g/mol. The lowest BCUT2D eigenvalue weighted by Crippen LogP contribution is -2.50. The van der Waals surface area contributed by atoms with Gasteiger partial charge in [-0.1, -0.05) is 20.8 Å². The number of carbonyl (C=O) groups excluding carboxylic acids is 1. The van der Waals surface area contributed by atoms with Crippen LogP contribution in [0.25, 0.3) is 0 Å². The van der Waals surface area contributed by atoms with E-state index in [9.17, 15) is 9.59 Å². The first-order valence-corrected chi connectivity index (χ1v) is 8.06. The van der Waals surface area contributed by atoms with Gasteiger partial charge in [-0.2, -0.15) is 0 Å². The third-order valence-electron chi connectivity index (χ3n) is 5.76. The minimum absolute atomic E-state index is 0.0420. The number of carbonyl (C=O) groups is 2. The zero-order chi connectivity index (χ0) is 15.4. The molecule has 0 aromatic rings. The number of carboxylic acids is 1. The molecule has 5 atom stereocenters. The van der Waals surface area contributed by atoms with E-state index in [4.69, 9.17) is 5.11 Å². The summed E-state index contributed by atoms with van der Waals surface area (Å²) in [5.74, 6) is 2.16. The molecular weight excluding hydrogens is 268 g/mol. The highest BCUT2D eigenvalue weighted by atomic mass is 16.4. The molecule has 5 heteroatoms. The second kappa shape index (κ2) is 4.89. The Morgan fingerprint density at radius 2 is 1.76 bits per heavy atom. The molecule has 0 saturated heterocycles. The fourth-order valence-electron chi connectivity index (χ4n) is 4.62. The average Bonchev–Trinajstić information content (AvgIpc) is 2.76. The van der Waals surface area contributed by atoms with Gasteiger partial charge in [-0.05, 0) is 48.3 Å². The summed E-state index contributed by atoms with van der Waals surface area (Å²) in [6, 6.07) is -0.220. The number of aliphatic carboxylic acids is 1. The quantitative estimate of drug-likeness (QED) is 0.744. The van der Waals surface area contributed by atoms with Gasteiger partial charge in [0.25, 0.3) is 0 Å². The highest BCUT2D eigenvalue weighted by Crippen LogP contribution is 2.65. The smallest absolute Gasteiger partial charge is 0.315 e. The van der Waals surface area contributed by atoms with Crippen molar-refractivity contribution in [2.45, 2.75) is 58.5 Å². The zero-order valence-corrected chi connectivity index (χ0v) is 13.1. The molecule has 3 aliphatic carbocycles. The van der Waals surface area contributed by atoms with E-state index in [1.54, 1.807) is 0 Å². The predicted octanol–water partition coefficient (Wildman–Crippen LogP) is 2.22. The Hall–Kier alpha value is -1.26. The third-order valence-corrected chi connectivity index (χ3v) is 5.76. The Bertz CT molecular complexity index is 441. The Morgan fingerprint density at radius 3 is 2.24 bits per heavy atom. The second-order valence-electron chi connectivity index (χ2n) is 8.15. The maximum absolute atomic E-state index is 12.2. The van der Waals surface area contributed by atoms with E-state index in [0.29, 0.717) is 17.9 Å². The Kier molecular flexibility index (Phi) is 3.41. The van der Waals surface area contributed by atoms with Crippen molar-refractivity contribution in [3.63, 3.8) is 0 Å². The number of urea groups is 1. The number of nitrogens with one attached hydrogen (secondary N) is 2. The molecular formula is C16H26N2O3. The van der Waals surface area contributed by atoms with E-state index in [1.165, 1.54) is 19.3 Å². The van der Waals surface area contributed by atoms with Gasteiger partial charge in [0.2, 0.25) is 0 Å². The van der Waals surface area contributed by atoms with Crippen LogP contribution in [0.3, 0.4) is 0 Å². The molecule has 2 bridgehead atoms. The summed E-state index contributed by atoms with van der Waals surface area (Å²) in [4.78, 5) is 23.1. The molecule has 5 unspecified atom stereocenters. The van der Waals surface area contributed by atoms with E-state index in [1.807, 2.05) is 20.8 Å². The zero-order valence-electron chi connectivity index (χ0n) is 13.1. The molecule has 3 fully saturated rings. The van der Waals surface area contributed by atoms with E-state index >= 15 is 0 Å². The number of amides is 2. The molecule has 2 amide bonds. The molecule has 3 N–H and O–H groups in total. The lowest BCUT2D eigenvalue weighted by molar-refractivity contribution is -0.138. The van der Waals surface area contributed by atoms with Gasteiger partial charge >= 0.3 is 12.0 Å². The van der Waals surface area contributed by atoms with Gasteiger partial charge in [-0.15, -0.1) is 0 Å². The normalized spacial score (nSPS) is 37.8. The SMILES string of the molecule is CC(C)(C)C(CC(=O)O)NC(=O)NC1C2C3CCC(C3)C12. The molecule has 118 valence electrons. The lowest BCUT2D eigenvalue weighted by Gasteiger charge is -2.30. The van der Waals surface area contributed by atoms with Gasteiger partial charge in [0.05, 0.1) is 6.42 Å². The minimum atomic E-state index is -0.878. The molecule has 0 radical (unpaired) electrons. The number of hydrogen-bond donors (Lipinski definition) is 3. The van der Waals surface area contributed by atoms with Crippen LogP contribution in [0.1, 0.15) is 46.5 Å². The summed E-state index contributed by atoms with van der Waals surface area (Å²) in [5, 5.41) is 14.9. The van der Waals surface area contributed by atoms with Crippen molar-refractivity contribution in [3.8, 4) is 0 Å². The topological polar surface area (TPSA) is 78.4 Å². The van der Waals surface area contributed by atoms with Crippen molar-refractivity contribution in [2.24, 2.45) is 29.1 Å². The molecule has 3 aliphatic rings. The van der Waals surface area contributed by atoms with Crippen LogP contribution in [0.2, 0.25) is 0 Å². The maximum Gasteiger partial charge on any atom is 0.315 e. The first-order chi connectivity index (χ1) is 9.77. The summed E-state index contributed by atoms with van der Waals surface area (Å²) in [6.07, 6.45) is 3.98. The Morgan fingerprint density at radius 1 is 1.19 bits per heavy atom. The molecule has 3 rings (SSSR count). The Labute approximate surface area is 125 Å². The summed E-state index contributed by atoms with van der Waals surface area (Å²) in [6.45, 7) is 5.85. The first kappa shape index (κ1) is 14.7. The van der Waals surface area contributed by atoms with Crippen LogP contribution >= 0.6 is 0 Å². The van der Waals surface area contributed by atoms with Crippen LogP contribution in [-0.4, -0.2) is 29.2 Å². The van der Waals surface area contributed by atoms with E-state index < -0.39 is 5.97 Å². The van der Waals surface area contributed by atoms with E-state index in [-0.39, 0.29) is 23.9 Å². The van der Waals surface area contributed by atoms with Gasteiger partial charge < -0.3 is 15.7 Å². The third kappa shape index (κ3) is 2.74. The number of carboxylic acid groups (broad SMARTS) is 1. The van der Waals surface area contributed by atoms with Crippen molar-refractivity contribution in [1.29, 1.82) is 0 Å². The van der Waals surface area contributed by atoms with Crippen LogP contribution in [0, 0.1) is 29.1 Å². The lowest BCUT2D eigenvalue weighted by atomic mass is 9.85. The summed E-state index contributed by atoms with van der Waals surface area (Å²) < 4.78 is 0. The van der Waals surface area contributed by atoms with Crippen LogP contribution in [0.5, 0.6) is 0 Å². The minimum Gasteiger partial charge on any atom is -0.481 e. The summed E-state index contributed by atoms with van der Waals surface area (Å²) in [5.41, 5.74) is -0.270. The van der Waals surface area contributed by atoms with E-state index in [2.05, 4.69) is 10.6 Å². The standard InChI is InChI=1S/C16H26N2O3/c1-16(2,3)10(7-11(19)20)17-15(21)18-14-12-8-4-5-9(6-8)13(12)14/h8-10,12-14H,4-7H2,1-3H3,(H,19,20)(H2,17,18,21). The molecule has 0 spiro atoms. The van der Waals surface area contributed by atoms with Crippen molar-refractivity contribution >= 4 is 12.0 Å². The van der Waals surface area contributed by atoms with Crippen molar-refractivity contribution < 1.29 is 14.7 Å². The van der Waals surface area contributed by atoms with Crippen molar-refractivity contribution in [2.75, 3.05) is 0 Å². The van der Waals surface area contributed by atoms with Crippen LogP contribution < -0.4 is 10.6 Å². The van der Waals surface area contributed by atoms with E-state index in [0.717, 1.165) is 11.8 Å². The predicted molar refractivity (Wildman–Crippen MR) is 78.8 cm³/mol. The second-order valence-corrected chi connectivity index (χ2v) is 8.15. The van der Waals surface area contributed by atoms with Crippen molar-refractivity contribution in [3.05, 3.63) is 0 Å². The molecule has 5 nitrogen and oxygen atoms in total. The van der Waals surface area contributed by atoms with Crippen LogP contribution in [0.15, 0.2) is 0 Å². The fourth-order valence-corrected chi connectivity index (χ4v) is 4.62. The number of fused-ring (bicyclic) bond motifs is 5. The van der Waals surface area contributed by atoms with Crippen LogP contribution in [0.4, 0.5) is 4.79 Å². The Balaban J connectivity index is 1.53. The highest BCUT2D eigenvalue weighted by molar-refractivity contribution is 5.76. The largest absolute Gasteiger partial charge is 0.481 e. The van der Waals surface area contributed by atoms with Gasteiger partial charge in [-0.3, -0.25) is 4.79 Å². The first-order valence-electron chi connectivity index (χ1n) is 8.06. The van der Waals surface area contributed by atoms with Gasteiger partial charge in [0, 0.05) is 12.1 Å². The van der Waals surface area contributed by atoms with Gasteiger partial charge in [-0.25, -0.2) is 4.79 Å².